The number of hydrogen-bond acceptors (Lipinski definition) is 14. The maximum absolute atomic E-state index is 15.7. The van der Waals surface area contributed by atoms with Crippen LogP contribution in [0.4, 0.5) is 20.3 Å². The molecular weight excluding hydrogens is 1070 g/mol. The van der Waals surface area contributed by atoms with Crippen LogP contribution in [0.2, 0.25) is 0 Å². The second-order valence-corrected chi connectivity index (χ2v) is 24.1. The number of nitrogens with zero attached hydrogens (tertiary/aromatic N) is 8. The fourth-order valence-corrected chi connectivity index (χ4v) is 11.4. The van der Waals surface area contributed by atoms with Gasteiger partial charge in [0.2, 0.25) is 17.7 Å². The van der Waals surface area contributed by atoms with Crippen LogP contribution in [0.15, 0.2) is 66.7 Å². The minimum atomic E-state index is -1.98. The van der Waals surface area contributed by atoms with Gasteiger partial charge in [0.15, 0.2) is 17.1 Å². The van der Waals surface area contributed by atoms with E-state index in [-0.39, 0.29) is 62.0 Å². The Bertz CT molecular complexity index is 3270. The summed E-state index contributed by atoms with van der Waals surface area (Å²) >= 11 is 1.53. The molecule has 0 spiro atoms. The molecule has 4 fully saturated rings. The molecule has 5 amide bonds. The van der Waals surface area contributed by atoms with Gasteiger partial charge >= 0.3 is 0 Å². The molecule has 0 unspecified atom stereocenters. The summed E-state index contributed by atoms with van der Waals surface area (Å²) in [5.41, 5.74) is 5.16. The molecule has 6 aromatic rings. The van der Waals surface area contributed by atoms with Crippen LogP contribution >= 0.6 is 11.3 Å². The number of aromatic nitrogens is 6. The van der Waals surface area contributed by atoms with E-state index in [0.29, 0.717) is 62.5 Å². The van der Waals surface area contributed by atoms with E-state index < -0.39 is 52.8 Å². The fourth-order valence-electron chi connectivity index (χ4n) is 10.6. The molecule has 2 aliphatic carbocycles. The van der Waals surface area contributed by atoms with Gasteiger partial charge in [0.1, 0.15) is 23.7 Å². The number of H-pyrrole nitrogens is 1. The molecule has 2 saturated carbocycles. The Morgan fingerprint density at radius 2 is 1.71 bits per heavy atom. The molecule has 10 rings (SSSR count). The van der Waals surface area contributed by atoms with Crippen molar-refractivity contribution in [1.82, 2.24) is 60.2 Å². The van der Waals surface area contributed by atoms with Crippen molar-refractivity contribution in [2.45, 2.75) is 135 Å². The molecule has 2 aromatic carbocycles. The minimum Gasteiger partial charge on any atom is -0.493 e. The van der Waals surface area contributed by atoms with E-state index in [0.717, 1.165) is 90.0 Å². The number of alkyl halides is 1. The number of rotatable bonds is 24. The zero-order valence-corrected chi connectivity index (χ0v) is 47.8. The number of imidazole rings is 1. The van der Waals surface area contributed by atoms with Gasteiger partial charge in [0.25, 0.3) is 11.8 Å². The van der Waals surface area contributed by atoms with Gasteiger partial charge in [-0.3, -0.25) is 38.4 Å². The molecule has 23 heteroatoms. The maximum Gasteiger partial charge on any atom is 0.258 e. The Morgan fingerprint density at radius 1 is 0.939 bits per heavy atom. The van der Waals surface area contributed by atoms with E-state index in [4.69, 9.17) is 9.72 Å². The largest absolute Gasteiger partial charge is 0.493 e. The lowest BCUT2D eigenvalue weighted by Gasteiger charge is -2.35. The number of β-amino-alcohol motifs (C(OH)–C–C–N with tert-alkyl or cyclic N) is 1. The molecular formula is C59H73F2N13O7S. The van der Waals surface area contributed by atoms with E-state index >= 15 is 4.39 Å². The van der Waals surface area contributed by atoms with Gasteiger partial charge < -0.3 is 40.9 Å². The van der Waals surface area contributed by atoms with Crippen LogP contribution in [-0.2, 0) is 25.7 Å². The number of hydrogen-bond donors (Lipinski definition) is 6. The van der Waals surface area contributed by atoms with Gasteiger partial charge in [0.05, 0.1) is 64.8 Å². The zero-order chi connectivity index (χ0) is 57.7. The normalized spacial score (nSPS) is 18.3. The molecule has 6 N–H and O–H groups in total. The predicted molar refractivity (Wildman–Crippen MR) is 305 cm³/mol. The van der Waals surface area contributed by atoms with Crippen molar-refractivity contribution in [3.05, 3.63) is 95.0 Å². The third kappa shape index (κ3) is 13.7. The smallest absolute Gasteiger partial charge is 0.258 e. The van der Waals surface area contributed by atoms with Gasteiger partial charge in [-0.1, -0.05) is 58.6 Å². The van der Waals surface area contributed by atoms with Gasteiger partial charge in [-0.25, -0.2) is 23.7 Å². The first-order chi connectivity index (χ1) is 39.4. The number of piperazine rings is 1. The number of aryl methyl sites for hydroxylation is 1. The number of nitrogens with one attached hydrogen (secondary N) is 5. The number of benzene rings is 2. The van der Waals surface area contributed by atoms with Gasteiger partial charge in [-0.2, -0.15) is 5.10 Å². The summed E-state index contributed by atoms with van der Waals surface area (Å²) in [6.45, 7) is 10.4. The number of aromatic amines is 1. The Kier molecular flexibility index (Phi) is 17.6. The summed E-state index contributed by atoms with van der Waals surface area (Å²) < 4.78 is 38.7. The second-order valence-electron chi connectivity index (χ2n) is 23.3. The highest BCUT2D eigenvalue weighted by Gasteiger charge is 2.53. The number of anilines is 2. The summed E-state index contributed by atoms with van der Waals surface area (Å²) in [7, 11) is 0. The van der Waals surface area contributed by atoms with Crippen LogP contribution in [0, 0.1) is 18.2 Å². The second kappa shape index (κ2) is 25.0. The van der Waals surface area contributed by atoms with Crippen LogP contribution in [-0.4, -0.2) is 155 Å². The molecule has 20 nitrogen and oxygen atoms in total. The Morgan fingerprint density at radius 3 is 2.40 bits per heavy atom. The molecule has 4 aliphatic rings. The van der Waals surface area contributed by atoms with Gasteiger partial charge in [-0.05, 0) is 80.7 Å². The zero-order valence-electron chi connectivity index (χ0n) is 46.9. The maximum atomic E-state index is 15.7. The van der Waals surface area contributed by atoms with Gasteiger partial charge in [0, 0.05) is 87.2 Å². The van der Waals surface area contributed by atoms with Crippen molar-refractivity contribution >= 4 is 58.0 Å². The minimum absolute atomic E-state index is 0.0211. The summed E-state index contributed by atoms with van der Waals surface area (Å²) in [6, 6.07) is 8.15. The summed E-state index contributed by atoms with van der Waals surface area (Å²) in [6.07, 6.45) is 14.1. The van der Waals surface area contributed by atoms with Crippen LogP contribution < -0.4 is 26.0 Å². The van der Waals surface area contributed by atoms with Gasteiger partial charge in [-0.15, -0.1) is 11.3 Å². The number of likely N-dealkylation sites (tertiary alicyclic amines) is 1. The number of amides is 5. The summed E-state index contributed by atoms with van der Waals surface area (Å²) in [5.74, 6) is -1.38. The number of carbonyl (C=O) groups is 5. The molecule has 4 aromatic heterocycles. The van der Waals surface area contributed by atoms with E-state index in [2.05, 4.69) is 41.4 Å². The average Bonchev–Trinajstić information content (AvgIpc) is 4.27. The van der Waals surface area contributed by atoms with E-state index in [1.807, 2.05) is 40.6 Å². The monoisotopic (exact) mass is 1150 g/mol. The molecule has 3 atom stereocenters. The highest BCUT2D eigenvalue weighted by atomic mass is 32.1. The number of unbranched alkanes of at least 4 members (excludes halogenated alkanes) is 5. The fraction of sp³-hybridized carbons (Fsp3) is 0.508. The molecule has 2 saturated heterocycles. The molecule has 6 heterocycles. The molecule has 436 valence electrons. The first-order valence-corrected chi connectivity index (χ1v) is 29.4. The molecule has 2 aliphatic heterocycles. The highest BCUT2D eigenvalue weighted by molar-refractivity contribution is 7.13. The van der Waals surface area contributed by atoms with Crippen LogP contribution in [0.1, 0.15) is 125 Å². The lowest BCUT2D eigenvalue weighted by atomic mass is 9.85. The highest BCUT2D eigenvalue weighted by Crippen LogP contribution is 2.42. The topological polar surface area (TPSA) is 244 Å². The molecule has 82 heavy (non-hydrogen) atoms. The Hall–Kier alpha value is -7.37. The van der Waals surface area contributed by atoms with Crippen LogP contribution in [0.3, 0.4) is 0 Å². The van der Waals surface area contributed by atoms with Crippen molar-refractivity contribution in [3.8, 4) is 27.4 Å². The first kappa shape index (κ1) is 57.8. The number of halogens is 2. The SMILES string of the molecule is Cc1ncsc1-c1ccc(CNC(=O)[C@@H]2C[C@@H](O)CN2C(=O)[C@@H](NC(=O)C2(F)CC2)C(C)(C)C)c(OCCCCCCCCNC(=O)CN2CCN(C(=O)c3ccc(Nc4nc(C5CC5)cn5c(-c6cn[nH]c6)cnc45)c(F)c3)CC2)c1. The number of ether oxygens (including phenoxy) is 1. The summed E-state index contributed by atoms with van der Waals surface area (Å²) in [4.78, 5) is 86.8. The quantitative estimate of drug-likeness (QED) is 0.0329. The van der Waals surface area contributed by atoms with Crippen molar-refractivity contribution in [3.63, 3.8) is 0 Å². The number of thiazole rings is 1. The van der Waals surface area contributed by atoms with Crippen molar-refractivity contribution in [1.29, 1.82) is 0 Å². The van der Waals surface area contributed by atoms with E-state index in [9.17, 15) is 33.5 Å². The number of aliphatic hydroxyl groups excluding tert-OH is 1. The number of fused-ring (bicyclic) bond motifs is 1. The number of aliphatic hydroxyl groups is 1. The third-order valence-electron chi connectivity index (χ3n) is 15.8. The number of carbonyl (C=O) groups excluding carboxylic acids is 5. The Balaban J connectivity index is 0.625. The predicted octanol–water partition coefficient (Wildman–Crippen LogP) is 7.22. The molecule has 0 bridgehead atoms. The lowest BCUT2D eigenvalue weighted by Crippen LogP contribution is -2.59. The van der Waals surface area contributed by atoms with Crippen LogP contribution in [0.5, 0.6) is 5.75 Å². The van der Waals surface area contributed by atoms with E-state index in [1.54, 1.807) is 61.9 Å². The standard InChI is InChI=1S/C59H73F2N13O7S/c1-36-50(82-35-65-36)38-13-14-40(28-64-54(77)46-27-42(75)32-74(46)56(79)51(58(2,3)4)70-57(80)59(61)17-18-59)48(26-38)81-24-10-8-6-5-7-9-19-62-49(76)34-71-20-22-72(23-21-71)55(78)39-15-16-44(43(60)25-39)68-52-53-63-31-47(41-29-66-67-30-41)73(53)33-45(69-52)37-11-12-37/h13-16,25-26,29-31,33,35,37,42,46,51,75H,5-12,17-24,27-28,32,34H2,1-4H3,(H,62,76)(H,64,77)(H,66,67)(H,68,69)(H,70,80)/t42-,46+,51-/m1/s1. The van der Waals surface area contributed by atoms with Crippen LogP contribution in [0.25, 0.3) is 27.3 Å². The average molecular weight is 1150 g/mol. The lowest BCUT2D eigenvalue weighted by molar-refractivity contribution is -0.145. The third-order valence-corrected chi connectivity index (χ3v) is 16.8. The first-order valence-electron chi connectivity index (χ1n) is 28.6. The Labute approximate surface area is 479 Å². The summed E-state index contributed by atoms with van der Waals surface area (Å²) in [5, 5.41) is 29.3. The van der Waals surface area contributed by atoms with Crippen molar-refractivity contribution < 1.29 is 42.6 Å². The molecule has 0 radical (unpaired) electrons. The van der Waals surface area contributed by atoms with E-state index in [1.165, 1.54) is 22.3 Å². The van der Waals surface area contributed by atoms with Crippen molar-refractivity contribution in [2.24, 2.45) is 5.41 Å². The van der Waals surface area contributed by atoms with Crippen molar-refractivity contribution in [2.75, 3.05) is 57.7 Å².